The normalized spacial score (nSPS) is 11.2. The zero-order valence-corrected chi connectivity index (χ0v) is 12.1. The third-order valence-electron chi connectivity index (χ3n) is 3.74. The molecular formula is C17H10N2O5. The summed E-state index contributed by atoms with van der Waals surface area (Å²) < 4.78 is 6.80. The van der Waals surface area contributed by atoms with Crippen LogP contribution in [0, 0.1) is 0 Å². The quantitative estimate of drug-likeness (QED) is 0.588. The van der Waals surface area contributed by atoms with Crippen LogP contribution in [0.15, 0.2) is 62.5 Å². The van der Waals surface area contributed by atoms with Crippen LogP contribution in [-0.4, -0.2) is 20.9 Å². The maximum Gasteiger partial charge on any atom is 0.335 e. The minimum Gasteiger partial charge on any atom is -0.478 e. The van der Waals surface area contributed by atoms with E-state index >= 15 is 0 Å². The molecule has 1 aliphatic carbocycles. The molecule has 2 heterocycles. The van der Waals surface area contributed by atoms with Gasteiger partial charge in [0, 0.05) is 11.6 Å². The lowest BCUT2D eigenvalue weighted by molar-refractivity contribution is 0.0697. The summed E-state index contributed by atoms with van der Waals surface area (Å²) in [5, 5.41) is 12.2. The van der Waals surface area contributed by atoms with Crippen molar-refractivity contribution in [3.8, 4) is 17.0 Å². The van der Waals surface area contributed by atoms with Crippen molar-refractivity contribution in [2.45, 2.75) is 0 Å². The number of benzene rings is 2. The zero-order chi connectivity index (χ0) is 16.8. The van der Waals surface area contributed by atoms with E-state index in [4.69, 9.17) is 9.52 Å². The molecule has 2 aliphatic rings. The van der Waals surface area contributed by atoms with Crippen molar-refractivity contribution in [1.82, 2.24) is 9.78 Å². The minimum absolute atomic E-state index is 0.0659. The molecule has 24 heavy (non-hydrogen) atoms. The van der Waals surface area contributed by atoms with Gasteiger partial charge in [-0.2, -0.15) is 0 Å². The van der Waals surface area contributed by atoms with Gasteiger partial charge < -0.3 is 9.52 Å². The van der Waals surface area contributed by atoms with Gasteiger partial charge in [0.2, 0.25) is 5.71 Å². The number of H-pyrrole nitrogens is 1. The number of aromatic amines is 1. The van der Waals surface area contributed by atoms with E-state index in [2.05, 4.69) is 5.10 Å². The van der Waals surface area contributed by atoms with Gasteiger partial charge >= 0.3 is 5.97 Å². The van der Waals surface area contributed by atoms with Crippen molar-refractivity contribution in [1.29, 1.82) is 0 Å². The number of rotatable bonds is 2. The fourth-order valence-corrected chi connectivity index (χ4v) is 2.58. The molecule has 0 radical (unpaired) electrons. The Hall–Kier alpha value is -3.61. The number of aromatic nitrogens is 2. The summed E-state index contributed by atoms with van der Waals surface area (Å²) in [6, 6.07) is 11.9. The molecule has 0 saturated heterocycles. The molecular weight excluding hydrogens is 312 g/mol. The molecule has 7 heteroatoms. The smallest absolute Gasteiger partial charge is 0.335 e. The van der Waals surface area contributed by atoms with E-state index in [1.54, 1.807) is 24.3 Å². The van der Waals surface area contributed by atoms with Gasteiger partial charge in [-0.1, -0.05) is 6.07 Å². The summed E-state index contributed by atoms with van der Waals surface area (Å²) in [4.78, 5) is 35.1. The lowest BCUT2D eigenvalue weighted by atomic mass is 10.1. The average Bonchev–Trinajstić information content (AvgIpc) is 2.89. The Kier molecular flexibility index (Phi) is 2.89. The van der Waals surface area contributed by atoms with Crippen LogP contribution in [-0.2, 0) is 0 Å². The van der Waals surface area contributed by atoms with Crippen LogP contribution in [0.4, 0.5) is 0 Å². The van der Waals surface area contributed by atoms with Crippen LogP contribution in [0.1, 0.15) is 10.4 Å². The van der Waals surface area contributed by atoms with Gasteiger partial charge in [0.15, 0.2) is 5.43 Å². The summed E-state index contributed by atoms with van der Waals surface area (Å²) in [6.07, 6.45) is 0. The lowest BCUT2D eigenvalue weighted by Gasteiger charge is -2.02. The van der Waals surface area contributed by atoms with Crippen LogP contribution in [0.25, 0.3) is 28.1 Å². The van der Waals surface area contributed by atoms with Gasteiger partial charge in [0.1, 0.15) is 11.1 Å². The molecule has 1 aromatic carbocycles. The first-order chi connectivity index (χ1) is 11.5. The number of fused-ring (bicyclic) bond motifs is 2. The Balaban J connectivity index is 1.99. The van der Waals surface area contributed by atoms with Crippen LogP contribution < -0.4 is 11.0 Å². The van der Waals surface area contributed by atoms with Crippen molar-refractivity contribution in [2.24, 2.45) is 0 Å². The van der Waals surface area contributed by atoms with E-state index in [-0.39, 0.29) is 22.3 Å². The number of hydrogen-bond donors (Lipinski definition) is 2. The Morgan fingerprint density at radius 1 is 1.08 bits per heavy atom. The van der Waals surface area contributed by atoms with Crippen LogP contribution >= 0.6 is 0 Å². The molecule has 118 valence electrons. The first-order valence-corrected chi connectivity index (χ1v) is 7.05. The highest BCUT2D eigenvalue weighted by Crippen LogP contribution is 2.24. The van der Waals surface area contributed by atoms with E-state index in [0.717, 1.165) is 0 Å². The summed E-state index contributed by atoms with van der Waals surface area (Å²) >= 11 is 0. The van der Waals surface area contributed by atoms with E-state index in [1.807, 2.05) is 0 Å². The summed E-state index contributed by atoms with van der Waals surface area (Å²) in [6.45, 7) is 0. The third kappa shape index (κ3) is 2.11. The standard InChI is InChI=1S/C17H10N2O5/c20-12-5-4-9-7-13-15(24-14(9)8-12)18-19(16(13)21)11-3-1-2-10(6-11)17(22)23/h1-8,18H,(H,22,23). The Morgan fingerprint density at radius 2 is 1.92 bits per heavy atom. The molecule has 2 N–H and O–H groups in total. The number of carboxylic acids is 1. The molecule has 0 spiro atoms. The third-order valence-corrected chi connectivity index (χ3v) is 3.74. The zero-order valence-electron chi connectivity index (χ0n) is 12.1. The number of hydrogen-bond acceptors (Lipinski definition) is 4. The number of carboxylic acid groups (broad SMARTS) is 1. The van der Waals surface area contributed by atoms with E-state index in [0.29, 0.717) is 22.4 Å². The van der Waals surface area contributed by atoms with Crippen molar-refractivity contribution < 1.29 is 14.3 Å². The number of nitrogens with zero attached hydrogens (tertiary/aromatic N) is 1. The molecule has 0 saturated carbocycles. The molecule has 7 nitrogen and oxygen atoms in total. The molecule has 0 bridgehead atoms. The first kappa shape index (κ1) is 14.0. The lowest BCUT2D eigenvalue weighted by Crippen LogP contribution is -2.14. The topological polar surface area (TPSA) is 105 Å². The Bertz CT molecular complexity index is 1180. The van der Waals surface area contributed by atoms with Crippen molar-refractivity contribution in [2.75, 3.05) is 0 Å². The molecule has 0 fully saturated rings. The molecule has 4 rings (SSSR count). The van der Waals surface area contributed by atoms with E-state index < -0.39 is 5.97 Å². The first-order valence-electron chi connectivity index (χ1n) is 7.05. The predicted octanol–water partition coefficient (Wildman–Crippen LogP) is 2.07. The molecule has 1 aliphatic heterocycles. The monoisotopic (exact) mass is 322 g/mol. The summed E-state index contributed by atoms with van der Waals surface area (Å²) in [7, 11) is 0. The predicted molar refractivity (Wildman–Crippen MR) is 86.0 cm³/mol. The second-order valence-corrected chi connectivity index (χ2v) is 5.30. The fourth-order valence-electron chi connectivity index (χ4n) is 2.58. The molecule has 1 aromatic heterocycles. The van der Waals surface area contributed by atoms with Gasteiger partial charge in [-0.3, -0.25) is 14.7 Å². The highest BCUT2D eigenvalue weighted by atomic mass is 16.4. The Labute approximate surface area is 133 Å². The fraction of sp³-hybridized carbons (Fsp3) is 0. The van der Waals surface area contributed by atoms with Crippen LogP contribution in [0.3, 0.4) is 0 Å². The van der Waals surface area contributed by atoms with Gasteiger partial charge in [-0.05, 0) is 36.4 Å². The van der Waals surface area contributed by atoms with E-state index in [9.17, 15) is 14.4 Å². The second-order valence-electron chi connectivity index (χ2n) is 5.30. The van der Waals surface area contributed by atoms with Crippen LogP contribution in [0.5, 0.6) is 0 Å². The molecule has 0 unspecified atom stereocenters. The van der Waals surface area contributed by atoms with Gasteiger partial charge in [-0.25, -0.2) is 9.48 Å². The number of aromatic carboxylic acids is 1. The highest BCUT2D eigenvalue weighted by molar-refractivity contribution is 5.88. The number of carbonyl (C=O) groups is 1. The van der Waals surface area contributed by atoms with Gasteiger partial charge in [-0.15, -0.1) is 0 Å². The second kappa shape index (κ2) is 4.95. The van der Waals surface area contributed by atoms with Crippen molar-refractivity contribution >= 4 is 17.1 Å². The molecule has 0 amide bonds. The molecule has 2 aromatic rings. The van der Waals surface area contributed by atoms with Crippen LogP contribution in [0.2, 0.25) is 0 Å². The SMILES string of the molecule is O=C(O)c1cccc(-n2[nH]c3oc4cc(=O)ccc-4cc3c2=O)c1. The maximum absolute atomic E-state index is 12.6. The minimum atomic E-state index is -1.08. The van der Waals surface area contributed by atoms with E-state index in [1.165, 1.54) is 28.9 Å². The highest BCUT2D eigenvalue weighted by Gasteiger charge is 2.15. The van der Waals surface area contributed by atoms with Crippen molar-refractivity contribution in [3.05, 3.63) is 74.7 Å². The maximum atomic E-state index is 12.6. The average molecular weight is 322 g/mol. The summed E-state index contributed by atoms with van der Waals surface area (Å²) in [5.41, 5.74) is 0.713. The van der Waals surface area contributed by atoms with Crippen molar-refractivity contribution in [3.63, 3.8) is 0 Å². The van der Waals surface area contributed by atoms with Gasteiger partial charge in [0.05, 0.1) is 11.3 Å². The summed E-state index contributed by atoms with van der Waals surface area (Å²) in [5.74, 6) is -0.720. The largest absolute Gasteiger partial charge is 0.478 e. The number of nitrogens with one attached hydrogen (secondary N) is 1. The Morgan fingerprint density at radius 3 is 2.71 bits per heavy atom. The van der Waals surface area contributed by atoms with Gasteiger partial charge in [0.25, 0.3) is 5.56 Å². The molecule has 0 atom stereocenters.